The second-order valence-electron chi connectivity index (χ2n) is 3.68. The highest BCUT2D eigenvalue weighted by Gasteiger charge is 2.27. The second kappa shape index (κ2) is 5.63. The van der Waals surface area contributed by atoms with Crippen molar-refractivity contribution in [2.24, 2.45) is 0 Å². The van der Waals surface area contributed by atoms with Crippen molar-refractivity contribution in [1.29, 1.82) is 0 Å². The van der Waals surface area contributed by atoms with Crippen molar-refractivity contribution in [3.8, 4) is 0 Å². The van der Waals surface area contributed by atoms with Gasteiger partial charge >= 0.3 is 0 Å². The number of nitrogens with one attached hydrogen (secondary N) is 4. The summed E-state index contributed by atoms with van der Waals surface area (Å²) in [7, 11) is 5.90. The second-order valence-corrected chi connectivity index (χ2v) is 3.68. The van der Waals surface area contributed by atoms with Gasteiger partial charge in [0.25, 0.3) is 0 Å². The minimum atomic E-state index is -0.169. The Morgan fingerprint density at radius 1 is 1.07 bits per heavy atom. The van der Waals surface area contributed by atoms with Gasteiger partial charge in [-0.25, -0.2) is 0 Å². The van der Waals surface area contributed by atoms with Crippen LogP contribution in [0.2, 0.25) is 0 Å². The first kappa shape index (κ1) is 11.9. The lowest BCUT2D eigenvalue weighted by molar-refractivity contribution is 0.128. The molecule has 0 radical (unpaired) electrons. The van der Waals surface area contributed by atoms with E-state index in [0.29, 0.717) is 0 Å². The molecule has 0 aliphatic carbocycles. The smallest absolute Gasteiger partial charge is 0.135 e. The molecule has 0 spiro atoms. The average Bonchev–Trinajstić information content (AvgIpc) is 2.28. The minimum Gasteiger partial charge on any atom is -0.314 e. The van der Waals surface area contributed by atoms with Crippen molar-refractivity contribution in [1.82, 2.24) is 26.2 Å². The van der Waals surface area contributed by atoms with E-state index >= 15 is 0 Å². The molecule has 0 atom stereocenters. The van der Waals surface area contributed by atoms with Gasteiger partial charge in [0, 0.05) is 32.7 Å². The van der Waals surface area contributed by atoms with E-state index in [1.54, 1.807) is 0 Å². The third-order valence-electron chi connectivity index (χ3n) is 2.95. The minimum absolute atomic E-state index is 0.169. The molecule has 0 saturated carbocycles. The van der Waals surface area contributed by atoms with Gasteiger partial charge in [0.1, 0.15) is 5.79 Å². The van der Waals surface area contributed by atoms with E-state index in [9.17, 15) is 0 Å². The lowest BCUT2D eigenvalue weighted by Gasteiger charge is -2.39. The third kappa shape index (κ3) is 2.90. The standard InChI is InChI=1S/C9H23N5/c1-10-9(11-2,12-3)8-14-6-4-13-5-7-14/h10-13H,4-8H2,1-3H3. The van der Waals surface area contributed by atoms with Crippen molar-refractivity contribution in [3.05, 3.63) is 0 Å². The van der Waals surface area contributed by atoms with E-state index in [4.69, 9.17) is 0 Å². The van der Waals surface area contributed by atoms with Crippen LogP contribution in [0.1, 0.15) is 0 Å². The van der Waals surface area contributed by atoms with Gasteiger partial charge in [-0.05, 0) is 21.1 Å². The summed E-state index contributed by atoms with van der Waals surface area (Å²) < 4.78 is 0. The molecule has 0 bridgehead atoms. The van der Waals surface area contributed by atoms with Crippen LogP contribution in [0.4, 0.5) is 0 Å². The largest absolute Gasteiger partial charge is 0.314 e. The van der Waals surface area contributed by atoms with Crippen molar-refractivity contribution < 1.29 is 0 Å². The monoisotopic (exact) mass is 201 g/mol. The zero-order chi connectivity index (χ0) is 10.4. The maximum Gasteiger partial charge on any atom is 0.135 e. The van der Waals surface area contributed by atoms with Gasteiger partial charge in [-0.3, -0.25) is 20.9 Å². The number of rotatable bonds is 5. The summed E-state index contributed by atoms with van der Waals surface area (Å²) in [6.45, 7) is 5.39. The van der Waals surface area contributed by atoms with Crippen LogP contribution in [0.15, 0.2) is 0 Å². The highest BCUT2D eigenvalue weighted by Crippen LogP contribution is 2.00. The Labute approximate surface area is 86.6 Å². The topological polar surface area (TPSA) is 51.4 Å². The molecule has 0 aromatic rings. The first-order chi connectivity index (χ1) is 6.76. The molecule has 4 N–H and O–H groups in total. The molecule has 1 fully saturated rings. The summed E-state index contributed by atoms with van der Waals surface area (Å²) >= 11 is 0. The lowest BCUT2D eigenvalue weighted by atomic mass is 10.2. The highest BCUT2D eigenvalue weighted by atomic mass is 15.4. The molecule has 1 aliphatic rings. The van der Waals surface area contributed by atoms with Crippen LogP contribution in [-0.2, 0) is 0 Å². The summed E-state index contributed by atoms with van der Waals surface area (Å²) in [5, 5.41) is 13.2. The molecule has 0 aromatic carbocycles. The molecule has 1 aliphatic heterocycles. The fraction of sp³-hybridized carbons (Fsp3) is 1.00. The third-order valence-corrected chi connectivity index (χ3v) is 2.95. The first-order valence-electron chi connectivity index (χ1n) is 5.26. The number of hydrogen-bond donors (Lipinski definition) is 4. The van der Waals surface area contributed by atoms with Crippen LogP contribution < -0.4 is 21.3 Å². The van der Waals surface area contributed by atoms with Crippen LogP contribution in [0.3, 0.4) is 0 Å². The first-order valence-corrected chi connectivity index (χ1v) is 5.26. The summed E-state index contributed by atoms with van der Waals surface area (Å²) in [6, 6.07) is 0. The predicted octanol–water partition coefficient (Wildman–Crippen LogP) is -1.80. The van der Waals surface area contributed by atoms with Crippen molar-refractivity contribution in [2.75, 3.05) is 53.9 Å². The molecule has 0 aromatic heterocycles. The summed E-state index contributed by atoms with van der Waals surface area (Å²) in [4.78, 5) is 2.44. The van der Waals surface area contributed by atoms with Crippen LogP contribution >= 0.6 is 0 Å². The van der Waals surface area contributed by atoms with Crippen LogP contribution in [0.5, 0.6) is 0 Å². The fourth-order valence-electron chi connectivity index (χ4n) is 1.82. The zero-order valence-electron chi connectivity index (χ0n) is 9.48. The Morgan fingerprint density at radius 3 is 2.00 bits per heavy atom. The molecule has 5 nitrogen and oxygen atoms in total. The van der Waals surface area contributed by atoms with Crippen molar-refractivity contribution >= 4 is 0 Å². The Morgan fingerprint density at radius 2 is 1.57 bits per heavy atom. The van der Waals surface area contributed by atoms with Gasteiger partial charge in [-0.1, -0.05) is 0 Å². The summed E-state index contributed by atoms with van der Waals surface area (Å²) in [5.74, 6) is -0.169. The fourth-order valence-corrected chi connectivity index (χ4v) is 1.82. The van der Waals surface area contributed by atoms with Gasteiger partial charge < -0.3 is 5.32 Å². The lowest BCUT2D eigenvalue weighted by Crippen LogP contribution is -2.69. The summed E-state index contributed by atoms with van der Waals surface area (Å²) in [6.07, 6.45) is 0. The highest BCUT2D eigenvalue weighted by molar-refractivity contribution is 4.84. The molecule has 14 heavy (non-hydrogen) atoms. The maximum atomic E-state index is 3.35. The number of hydrogen-bond acceptors (Lipinski definition) is 5. The molecule has 5 heteroatoms. The molecule has 0 amide bonds. The number of nitrogens with zero attached hydrogens (tertiary/aromatic N) is 1. The predicted molar refractivity (Wildman–Crippen MR) is 59.2 cm³/mol. The normalized spacial score (nSPS) is 19.9. The number of likely N-dealkylation sites (N-methyl/N-ethyl adjacent to an activating group) is 3. The van der Waals surface area contributed by atoms with Gasteiger partial charge in [-0.2, -0.15) is 0 Å². The molecule has 0 unspecified atom stereocenters. The SMILES string of the molecule is CNC(CN1CCNCC1)(NC)NC. The van der Waals surface area contributed by atoms with Gasteiger partial charge in [0.15, 0.2) is 0 Å². The molecule has 84 valence electrons. The summed E-state index contributed by atoms with van der Waals surface area (Å²) in [5.41, 5.74) is 0. The zero-order valence-corrected chi connectivity index (χ0v) is 9.48. The van der Waals surface area contributed by atoms with E-state index in [2.05, 4.69) is 26.2 Å². The Kier molecular flexibility index (Phi) is 4.77. The van der Waals surface area contributed by atoms with E-state index < -0.39 is 0 Å². The van der Waals surface area contributed by atoms with Crippen LogP contribution in [0, 0.1) is 0 Å². The van der Waals surface area contributed by atoms with Gasteiger partial charge in [0.05, 0.1) is 0 Å². The Bertz CT molecular complexity index is 143. The Hall–Kier alpha value is -0.200. The van der Waals surface area contributed by atoms with E-state index in [1.165, 1.54) is 0 Å². The van der Waals surface area contributed by atoms with E-state index in [-0.39, 0.29) is 5.79 Å². The molecule has 1 heterocycles. The van der Waals surface area contributed by atoms with Crippen LogP contribution in [0.25, 0.3) is 0 Å². The Balaban J connectivity index is 2.44. The average molecular weight is 201 g/mol. The molecule has 1 saturated heterocycles. The molecular weight excluding hydrogens is 178 g/mol. The quantitative estimate of drug-likeness (QED) is 0.396. The van der Waals surface area contributed by atoms with Crippen molar-refractivity contribution in [3.63, 3.8) is 0 Å². The number of piperazine rings is 1. The van der Waals surface area contributed by atoms with Gasteiger partial charge in [0.2, 0.25) is 0 Å². The van der Waals surface area contributed by atoms with Crippen LogP contribution in [-0.4, -0.2) is 64.6 Å². The van der Waals surface area contributed by atoms with E-state index in [0.717, 1.165) is 32.7 Å². The molecule has 1 rings (SSSR count). The maximum absolute atomic E-state index is 3.35. The molecular formula is C9H23N5. The van der Waals surface area contributed by atoms with E-state index in [1.807, 2.05) is 21.1 Å². The van der Waals surface area contributed by atoms with Gasteiger partial charge in [-0.15, -0.1) is 0 Å². The van der Waals surface area contributed by atoms with Crippen molar-refractivity contribution in [2.45, 2.75) is 5.79 Å².